The van der Waals surface area contributed by atoms with Crippen LogP contribution in [0.2, 0.25) is 0 Å². The van der Waals surface area contributed by atoms with Gasteiger partial charge in [0.2, 0.25) is 0 Å². The molecule has 0 aromatic heterocycles. The Hall–Kier alpha value is -0.0800. The molecule has 2 N–H and O–H groups in total. The lowest BCUT2D eigenvalue weighted by Crippen LogP contribution is -2.33. The fourth-order valence-corrected chi connectivity index (χ4v) is 3.25. The fraction of sp³-hybridized carbons (Fsp3) is 1.00. The third kappa shape index (κ3) is 6.19. The van der Waals surface area contributed by atoms with Crippen molar-refractivity contribution >= 4 is 0 Å². The highest BCUT2D eigenvalue weighted by Crippen LogP contribution is 2.26. The van der Waals surface area contributed by atoms with Crippen LogP contribution in [0.5, 0.6) is 0 Å². The Morgan fingerprint density at radius 3 is 2.67 bits per heavy atom. The molecule has 1 saturated carbocycles. The molecule has 0 aliphatic heterocycles. The zero-order valence-corrected chi connectivity index (χ0v) is 12.5. The third-order valence-corrected chi connectivity index (χ3v) is 4.60. The first-order chi connectivity index (χ1) is 8.80. The maximum absolute atomic E-state index is 9.02. The zero-order valence-electron chi connectivity index (χ0n) is 12.5. The lowest BCUT2D eigenvalue weighted by molar-refractivity contribution is 0.247. The fourth-order valence-electron chi connectivity index (χ4n) is 3.25. The molecule has 0 saturated heterocycles. The minimum Gasteiger partial charge on any atom is -0.396 e. The topological polar surface area (TPSA) is 32.3 Å². The zero-order chi connectivity index (χ0) is 13.2. The average molecular weight is 255 g/mol. The van der Waals surface area contributed by atoms with Gasteiger partial charge in [-0.05, 0) is 44.1 Å². The maximum Gasteiger partial charge on any atom is 0.0434 e. The predicted molar refractivity (Wildman–Crippen MR) is 78.8 cm³/mol. The van der Waals surface area contributed by atoms with E-state index in [0.29, 0.717) is 12.5 Å². The van der Waals surface area contributed by atoms with Crippen molar-refractivity contribution in [3.05, 3.63) is 0 Å². The lowest BCUT2D eigenvalue weighted by atomic mass is 9.95. The SMILES string of the molecule is CCCC1CCCC(NCC(CC)CCO)CC1. The van der Waals surface area contributed by atoms with Gasteiger partial charge in [0.15, 0.2) is 0 Å². The van der Waals surface area contributed by atoms with Crippen LogP contribution in [0.4, 0.5) is 0 Å². The number of rotatable bonds is 8. The van der Waals surface area contributed by atoms with Crippen molar-refractivity contribution in [1.82, 2.24) is 5.32 Å². The highest BCUT2D eigenvalue weighted by molar-refractivity contribution is 4.76. The van der Waals surface area contributed by atoms with Gasteiger partial charge in [0.25, 0.3) is 0 Å². The molecule has 108 valence electrons. The standard InChI is InChI=1S/C16H33NO/c1-3-6-15-7-5-8-16(10-9-15)17-13-14(4-2)11-12-18/h14-18H,3-13H2,1-2H3. The second-order valence-electron chi connectivity index (χ2n) is 6.05. The summed E-state index contributed by atoms with van der Waals surface area (Å²) in [4.78, 5) is 0. The van der Waals surface area contributed by atoms with E-state index >= 15 is 0 Å². The molecule has 0 aromatic rings. The smallest absolute Gasteiger partial charge is 0.0434 e. The molecule has 3 unspecified atom stereocenters. The van der Waals surface area contributed by atoms with Crippen molar-refractivity contribution < 1.29 is 5.11 Å². The van der Waals surface area contributed by atoms with Crippen LogP contribution >= 0.6 is 0 Å². The molecule has 0 aromatic carbocycles. The van der Waals surface area contributed by atoms with Crippen LogP contribution in [0, 0.1) is 11.8 Å². The number of nitrogens with one attached hydrogen (secondary N) is 1. The molecule has 1 aliphatic carbocycles. The molecule has 0 spiro atoms. The van der Waals surface area contributed by atoms with Gasteiger partial charge >= 0.3 is 0 Å². The maximum atomic E-state index is 9.02. The van der Waals surface area contributed by atoms with E-state index in [-0.39, 0.29) is 0 Å². The van der Waals surface area contributed by atoms with Gasteiger partial charge in [-0.1, -0.05) is 46.0 Å². The van der Waals surface area contributed by atoms with E-state index in [2.05, 4.69) is 19.2 Å². The van der Waals surface area contributed by atoms with Gasteiger partial charge in [-0.2, -0.15) is 0 Å². The summed E-state index contributed by atoms with van der Waals surface area (Å²) in [7, 11) is 0. The quantitative estimate of drug-likeness (QED) is 0.648. The Bertz CT molecular complexity index is 196. The summed E-state index contributed by atoms with van der Waals surface area (Å²) in [5, 5.41) is 12.8. The van der Waals surface area contributed by atoms with Gasteiger partial charge in [-0.25, -0.2) is 0 Å². The molecule has 0 radical (unpaired) electrons. The molecule has 1 aliphatic rings. The first kappa shape index (κ1) is 16.0. The molecule has 3 atom stereocenters. The van der Waals surface area contributed by atoms with Crippen LogP contribution in [0.1, 0.15) is 71.6 Å². The first-order valence-corrected chi connectivity index (χ1v) is 8.14. The summed E-state index contributed by atoms with van der Waals surface area (Å²) in [5.41, 5.74) is 0. The predicted octanol–water partition coefficient (Wildman–Crippen LogP) is 3.73. The minimum atomic E-state index is 0.337. The summed E-state index contributed by atoms with van der Waals surface area (Å²) in [5.74, 6) is 1.64. The third-order valence-electron chi connectivity index (χ3n) is 4.60. The van der Waals surface area contributed by atoms with E-state index < -0.39 is 0 Å². The van der Waals surface area contributed by atoms with Crippen LogP contribution in [-0.4, -0.2) is 24.3 Å². The molecule has 1 rings (SSSR count). The largest absolute Gasteiger partial charge is 0.396 e. The molecular formula is C16H33NO. The van der Waals surface area contributed by atoms with E-state index in [1.54, 1.807) is 0 Å². The second kappa shape index (κ2) is 9.80. The monoisotopic (exact) mass is 255 g/mol. The molecule has 0 heterocycles. The van der Waals surface area contributed by atoms with Crippen molar-refractivity contribution in [2.75, 3.05) is 13.2 Å². The Morgan fingerprint density at radius 1 is 1.17 bits per heavy atom. The number of hydrogen-bond acceptors (Lipinski definition) is 2. The van der Waals surface area contributed by atoms with Gasteiger partial charge in [-0.3, -0.25) is 0 Å². The summed E-state index contributed by atoms with van der Waals surface area (Å²) in [6, 6.07) is 0.736. The second-order valence-corrected chi connectivity index (χ2v) is 6.05. The van der Waals surface area contributed by atoms with Crippen molar-refractivity contribution in [2.45, 2.75) is 77.7 Å². The summed E-state index contributed by atoms with van der Waals surface area (Å²) in [6.45, 7) is 5.97. The average Bonchev–Trinajstić information content (AvgIpc) is 2.60. The molecular weight excluding hydrogens is 222 g/mol. The molecule has 18 heavy (non-hydrogen) atoms. The molecule has 1 fully saturated rings. The summed E-state index contributed by atoms with van der Waals surface area (Å²) < 4.78 is 0. The Labute approximate surface area is 114 Å². The Balaban J connectivity index is 2.22. The minimum absolute atomic E-state index is 0.337. The van der Waals surface area contributed by atoms with Gasteiger partial charge in [0.05, 0.1) is 0 Å². The van der Waals surface area contributed by atoms with E-state index in [9.17, 15) is 0 Å². The van der Waals surface area contributed by atoms with Crippen molar-refractivity contribution in [3.8, 4) is 0 Å². The van der Waals surface area contributed by atoms with Gasteiger partial charge in [0, 0.05) is 12.6 Å². The molecule has 2 nitrogen and oxygen atoms in total. The van der Waals surface area contributed by atoms with Gasteiger partial charge in [-0.15, -0.1) is 0 Å². The highest BCUT2D eigenvalue weighted by atomic mass is 16.3. The van der Waals surface area contributed by atoms with Crippen LogP contribution in [-0.2, 0) is 0 Å². The first-order valence-electron chi connectivity index (χ1n) is 8.14. The molecule has 0 amide bonds. The Morgan fingerprint density at radius 2 is 2.00 bits per heavy atom. The normalized spacial score (nSPS) is 26.8. The summed E-state index contributed by atoms with van der Waals surface area (Å²) in [6.07, 6.45) is 11.9. The van der Waals surface area contributed by atoms with Crippen LogP contribution in [0.15, 0.2) is 0 Å². The summed E-state index contributed by atoms with van der Waals surface area (Å²) >= 11 is 0. The van der Waals surface area contributed by atoms with Gasteiger partial charge < -0.3 is 10.4 Å². The van der Waals surface area contributed by atoms with E-state index in [0.717, 1.165) is 24.9 Å². The van der Waals surface area contributed by atoms with Gasteiger partial charge in [0.1, 0.15) is 0 Å². The van der Waals surface area contributed by atoms with Crippen LogP contribution in [0.3, 0.4) is 0 Å². The number of aliphatic hydroxyl groups excluding tert-OH is 1. The highest BCUT2D eigenvalue weighted by Gasteiger charge is 2.18. The van der Waals surface area contributed by atoms with Crippen LogP contribution in [0.25, 0.3) is 0 Å². The van der Waals surface area contributed by atoms with E-state index in [1.165, 1.54) is 51.4 Å². The van der Waals surface area contributed by atoms with Crippen molar-refractivity contribution in [2.24, 2.45) is 11.8 Å². The molecule has 0 bridgehead atoms. The number of hydrogen-bond donors (Lipinski definition) is 2. The molecule has 2 heteroatoms. The van der Waals surface area contributed by atoms with E-state index in [4.69, 9.17) is 5.11 Å². The number of aliphatic hydroxyl groups is 1. The lowest BCUT2D eigenvalue weighted by Gasteiger charge is -2.21. The van der Waals surface area contributed by atoms with Crippen molar-refractivity contribution in [3.63, 3.8) is 0 Å². The van der Waals surface area contributed by atoms with E-state index in [1.807, 2.05) is 0 Å². The Kier molecular flexibility index (Phi) is 8.70. The van der Waals surface area contributed by atoms with Crippen molar-refractivity contribution in [1.29, 1.82) is 0 Å². The van der Waals surface area contributed by atoms with Crippen LogP contribution < -0.4 is 5.32 Å².